The first-order chi connectivity index (χ1) is 10.7. The number of carbonyl (C=O) groups is 1. The lowest BCUT2D eigenvalue weighted by molar-refractivity contribution is 0.0715. The number of β-amino-alcohol motifs (C(OH)–C–C–N with tert-alkyl or cyclic N) is 1. The summed E-state index contributed by atoms with van der Waals surface area (Å²) in [6.07, 6.45) is 3.20. The summed E-state index contributed by atoms with van der Waals surface area (Å²) >= 11 is 0. The minimum Gasteiger partial charge on any atom is -0.497 e. The third-order valence-corrected chi connectivity index (χ3v) is 3.93. The number of benzene rings is 1. The summed E-state index contributed by atoms with van der Waals surface area (Å²) in [6, 6.07) is 10.9. The second-order valence-corrected chi connectivity index (χ2v) is 5.38. The van der Waals surface area contributed by atoms with E-state index in [1.165, 1.54) is 0 Å². The second kappa shape index (κ2) is 6.15. The molecule has 1 N–H and O–H groups in total. The fourth-order valence-corrected chi connectivity index (χ4v) is 2.86. The Balaban J connectivity index is 1.90. The minimum absolute atomic E-state index is 0.113. The van der Waals surface area contributed by atoms with E-state index >= 15 is 0 Å². The number of aliphatic hydroxyl groups is 1. The van der Waals surface area contributed by atoms with Gasteiger partial charge in [0.2, 0.25) is 0 Å². The lowest BCUT2D eigenvalue weighted by atomic mass is 10.0. The molecule has 0 unspecified atom stereocenters. The summed E-state index contributed by atoms with van der Waals surface area (Å²) in [5, 5.41) is 10.0. The van der Waals surface area contributed by atoms with Gasteiger partial charge >= 0.3 is 0 Å². The number of aromatic nitrogens is 1. The van der Waals surface area contributed by atoms with Crippen molar-refractivity contribution in [3.05, 3.63) is 59.9 Å². The number of aliphatic hydroxyl groups excluding tert-OH is 1. The first kappa shape index (κ1) is 14.5. The standard InChI is InChI=1S/C17H18N2O3/c1-22-15-6-2-4-12(8-15)16-9-14(20)11-19(16)17(21)13-5-3-7-18-10-13/h2-8,10,14,16,20H,9,11H2,1H3/t14-,16+/m0/s1. The molecule has 1 aliphatic heterocycles. The smallest absolute Gasteiger partial charge is 0.256 e. The number of likely N-dealkylation sites (tertiary alicyclic amines) is 1. The van der Waals surface area contributed by atoms with Crippen LogP contribution >= 0.6 is 0 Å². The van der Waals surface area contributed by atoms with Gasteiger partial charge in [0, 0.05) is 18.9 Å². The van der Waals surface area contributed by atoms with Crippen LogP contribution in [0.5, 0.6) is 5.75 Å². The number of ether oxygens (including phenoxy) is 1. The average Bonchev–Trinajstić information content (AvgIpc) is 2.97. The highest BCUT2D eigenvalue weighted by atomic mass is 16.5. The quantitative estimate of drug-likeness (QED) is 0.942. The Morgan fingerprint density at radius 1 is 1.36 bits per heavy atom. The molecule has 0 bridgehead atoms. The van der Waals surface area contributed by atoms with Gasteiger partial charge < -0.3 is 14.7 Å². The SMILES string of the molecule is COc1cccc([C@H]2C[C@H](O)CN2C(=O)c2cccnc2)c1. The Morgan fingerprint density at radius 2 is 2.23 bits per heavy atom. The molecule has 1 fully saturated rings. The van der Waals surface area contributed by atoms with Gasteiger partial charge in [0.1, 0.15) is 5.75 Å². The Morgan fingerprint density at radius 3 is 2.95 bits per heavy atom. The number of nitrogens with zero attached hydrogens (tertiary/aromatic N) is 2. The monoisotopic (exact) mass is 298 g/mol. The van der Waals surface area contributed by atoms with Crippen molar-refractivity contribution in [3.8, 4) is 5.75 Å². The lowest BCUT2D eigenvalue weighted by Gasteiger charge is -2.25. The van der Waals surface area contributed by atoms with E-state index in [1.54, 1.807) is 36.5 Å². The van der Waals surface area contributed by atoms with Crippen molar-refractivity contribution in [2.24, 2.45) is 0 Å². The van der Waals surface area contributed by atoms with E-state index in [0.717, 1.165) is 11.3 Å². The van der Waals surface area contributed by atoms with Crippen molar-refractivity contribution in [3.63, 3.8) is 0 Å². The van der Waals surface area contributed by atoms with Crippen LogP contribution in [0.1, 0.15) is 28.4 Å². The Hall–Kier alpha value is -2.40. The molecule has 1 aromatic carbocycles. The number of hydrogen-bond acceptors (Lipinski definition) is 4. The molecule has 0 spiro atoms. The van der Waals surface area contributed by atoms with Gasteiger partial charge in [-0.2, -0.15) is 0 Å². The van der Waals surface area contributed by atoms with Crippen molar-refractivity contribution < 1.29 is 14.6 Å². The highest BCUT2D eigenvalue weighted by molar-refractivity contribution is 5.94. The lowest BCUT2D eigenvalue weighted by Crippen LogP contribution is -2.31. The molecular weight excluding hydrogens is 280 g/mol. The van der Waals surface area contributed by atoms with Crippen molar-refractivity contribution in [1.82, 2.24) is 9.88 Å². The first-order valence-corrected chi connectivity index (χ1v) is 7.22. The Kier molecular flexibility index (Phi) is 4.06. The van der Waals surface area contributed by atoms with Crippen LogP contribution in [0.4, 0.5) is 0 Å². The fraction of sp³-hybridized carbons (Fsp3) is 0.294. The van der Waals surface area contributed by atoms with E-state index in [-0.39, 0.29) is 11.9 Å². The summed E-state index contributed by atoms with van der Waals surface area (Å²) in [5.41, 5.74) is 1.50. The predicted octanol–water partition coefficient (Wildman–Crippen LogP) is 2.04. The van der Waals surface area contributed by atoms with Crippen LogP contribution in [0.2, 0.25) is 0 Å². The van der Waals surface area contributed by atoms with Crippen molar-refractivity contribution >= 4 is 5.91 Å². The van der Waals surface area contributed by atoms with E-state index in [4.69, 9.17) is 4.74 Å². The Labute approximate surface area is 129 Å². The van der Waals surface area contributed by atoms with E-state index in [9.17, 15) is 9.90 Å². The van der Waals surface area contributed by atoms with E-state index in [0.29, 0.717) is 18.5 Å². The molecule has 1 saturated heterocycles. The Bertz CT molecular complexity index is 660. The number of pyridine rings is 1. The van der Waals surface area contributed by atoms with Crippen molar-refractivity contribution in [2.75, 3.05) is 13.7 Å². The second-order valence-electron chi connectivity index (χ2n) is 5.38. The zero-order chi connectivity index (χ0) is 15.5. The van der Waals surface area contributed by atoms with Crippen LogP contribution in [-0.2, 0) is 0 Å². The molecule has 1 amide bonds. The summed E-state index contributed by atoms with van der Waals surface area (Å²) in [5.74, 6) is 0.630. The minimum atomic E-state index is -0.517. The largest absolute Gasteiger partial charge is 0.497 e. The van der Waals surface area contributed by atoms with Crippen LogP contribution in [0.3, 0.4) is 0 Å². The number of amides is 1. The first-order valence-electron chi connectivity index (χ1n) is 7.22. The van der Waals surface area contributed by atoms with E-state index < -0.39 is 6.10 Å². The number of methoxy groups -OCH3 is 1. The molecule has 2 aromatic rings. The molecule has 5 heteroatoms. The maximum Gasteiger partial charge on any atom is 0.256 e. The molecule has 3 rings (SSSR count). The van der Waals surface area contributed by atoms with Crippen LogP contribution < -0.4 is 4.74 Å². The average molecular weight is 298 g/mol. The van der Waals surface area contributed by atoms with Crippen LogP contribution in [0.15, 0.2) is 48.8 Å². The van der Waals surface area contributed by atoms with Crippen molar-refractivity contribution in [2.45, 2.75) is 18.6 Å². The maximum absolute atomic E-state index is 12.7. The highest BCUT2D eigenvalue weighted by Crippen LogP contribution is 2.34. The van der Waals surface area contributed by atoms with Gasteiger partial charge in [-0.15, -0.1) is 0 Å². The van der Waals surface area contributed by atoms with Crippen LogP contribution in [0, 0.1) is 0 Å². The van der Waals surface area contributed by atoms with Gasteiger partial charge in [-0.1, -0.05) is 12.1 Å². The molecule has 0 radical (unpaired) electrons. The normalized spacial score (nSPS) is 20.9. The molecular formula is C17H18N2O3. The molecule has 114 valence electrons. The van der Waals surface area contributed by atoms with Gasteiger partial charge in [0.15, 0.2) is 0 Å². The van der Waals surface area contributed by atoms with Gasteiger partial charge in [0.05, 0.1) is 24.8 Å². The molecule has 22 heavy (non-hydrogen) atoms. The molecule has 1 aliphatic rings. The third-order valence-electron chi connectivity index (χ3n) is 3.93. The highest BCUT2D eigenvalue weighted by Gasteiger charge is 2.35. The number of hydrogen-bond donors (Lipinski definition) is 1. The molecule has 2 heterocycles. The van der Waals surface area contributed by atoms with E-state index in [1.807, 2.05) is 24.3 Å². The molecule has 0 aliphatic carbocycles. The molecule has 0 saturated carbocycles. The zero-order valence-corrected chi connectivity index (χ0v) is 12.3. The summed E-state index contributed by atoms with van der Waals surface area (Å²) in [4.78, 5) is 18.4. The van der Waals surface area contributed by atoms with Crippen LogP contribution in [0.25, 0.3) is 0 Å². The van der Waals surface area contributed by atoms with Gasteiger partial charge in [-0.05, 0) is 36.2 Å². The summed E-state index contributed by atoms with van der Waals surface area (Å²) in [6.45, 7) is 0.329. The van der Waals surface area contributed by atoms with Gasteiger partial charge in [-0.3, -0.25) is 9.78 Å². The number of carbonyl (C=O) groups excluding carboxylic acids is 1. The molecule has 5 nitrogen and oxygen atoms in total. The molecule has 2 atom stereocenters. The number of rotatable bonds is 3. The zero-order valence-electron chi connectivity index (χ0n) is 12.3. The topological polar surface area (TPSA) is 62.7 Å². The molecule has 1 aromatic heterocycles. The van der Waals surface area contributed by atoms with Gasteiger partial charge in [-0.25, -0.2) is 0 Å². The van der Waals surface area contributed by atoms with Crippen LogP contribution in [-0.4, -0.2) is 40.7 Å². The van der Waals surface area contributed by atoms with Gasteiger partial charge in [0.25, 0.3) is 5.91 Å². The predicted molar refractivity (Wildman–Crippen MR) is 81.6 cm³/mol. The van der Waals surface area contributed by atoms with E-state index in [2.05, 4.69) is 4.98 Å². The third kappa shape index (κ3) is 2.80. The summed E-state index contributed by atoms with van der Waals surface area (Å²) < 4.78 is 5.25. The summed E-state index contributed by atoms with van der Waals surface area (Å²) in [7, 11) is 1.61. The fourth-order valence-electron chi connectivity index (χ4n) is 2.86. The maximum atomic E-state index is 12.7. The van der Waals surface area contributed by atoms with Crippen molar-refractivity contribution in [1.29, 1.82) is 0 Å².